The van der Waals surface area contributed by atoms with Crippen molar-refractivity contribution in [3.05, 3.63) is 17.3 Å². The molecule has 4 heteroatoms. The maximum atomic E-state index is 12.4. The van der Waals surface area contributed by atoms with Gasteiger partial charge in [-0.1, -0.05) is 20.8 Å². The van der Waals surface area contributed by atoms with E-state index in [2.05, 4.69) is 32.7 Å². The molecule has 0 spiro atoms. The normalized spacial score (nSPS) is 20.2. The summed E-state index contributed by atoms with van der Waals surface area (Å²) in [6.45, 7) is 11.1. The minimum absolute atomic E-state index is 0.121. The predicted octanol–water partition coefficient (Wildman–Crippen LogP) is 3.22. The number of hydrogen-bond donors (Lipinski definition) is 0. The first kappa shape index (κ1) is 15.1. The minimum atomic E-state index is -0.121. The number of carbonyl (C=O) groups is 1. The molecule has 0 aliphatic carbocycles. The molecule has 1 atom stereocenters. The zero-order valence-corrected chi connectivity index (χ0v) is 13.3. The van der Waals surface area contributed by atoms with Crippen molar-refractivity contribution in [2.24, 2.45) is 0 Å². The Labute approximate surface area is 121 Å². The highest BCUT2D eigenvalue weighted by molar-refractivity contribution is 5.78. The van der Waals surface area contributed by atoms with Crippen molar-refractivity contribution >= 4 is 5.91 Å². The quantitative estimate of drug-likeness (QED) is 0.834. The van der Waals surface area contributed by atoms with E-state index in [9.17, 15) is 4.79 Å². The molecular formula is C16H26N2O2. The van der Waals surface area contributed by atoms with Crippen LogP contribution in [0, 0.1) is 6.92 Å². The molecule has 1 aliphatic heterocycles. The van der Waals surface area contributed by atoms with Crippen molar-refractivity contribution in [2.45, 2.75) is 71.8 Å². The third-order valence-corrected chi connectivity index (χ3v) is 3.97. The van der Waals surface area contributed by atoms with Crippen LogP contribution >= 0.6 is 0 Å². The van der Waals surface area contributed by atoms with Gasteiger partial charge in [0.15, 0.2) is 5.89 Å². The van der Waals surface area contributed by atoms with E-state index in [1.807, 2.05) is 11.8 Å². The predicted molar refractivity (Wildman–Crippen MR) is 78.7 cm³/mol. The van der Waals surface area contributed by atoms with Gasteiger partial charge in [0.1, 0.15) is 5.76 Å². The molecular weight excluding hydrogens is 252 g/mol. The van der Waals surface area contributed by atoms with Gasteiger partial charge in [-0.2, -0.15) is 0 Å². The average Bonchev–Trinajstić information content (AvgIpc) is 2.71. The molecule has 1 aliphatic rings. The van der Waals surface area contributed by atoms with Gasteiger partial charge in [0, 0.05) is 18.0 Å². The van der Waals surface area contributed by atoms with Gasteiger partial charge in [-0.05, 0) is 33.1 Å². The fourth-order valence-electron chi connectivity index (χ4n) is 2.62. The molecule has 1 unspecified atom stereocenters. The van der Waals surface area contributed by atoms with E-state index in [1.165, 1.54) is 6.42 Å². The number of hydrogen-bond acceptors (Lipinski definition) is 3. The minimum Gasteiger partial charge on any atom is -0.444 e. The summed E-state index contributed by atoms with van der Waals surface area (Å²) < 4.78 is 5.82. The molecule has 20 heavy (non-hydrogen) atoms. The van der Waals surface area contributed by atoms with Crippen LogP contribution in [0.3, 0.4) is 0 Å². The second-order valence-corrected chi connectivity index (χ2v) is 6.89. The number of aromatic nitrogens is 1. The molecule has 0 N–H and O–H groups in total. The zero-order chi connectivity index (χ0) is 14.9. The summed E-state index contributed by atoms with van der Waals surface area (Å²) in [7, 11) is 0. The molecule has 1 fully saturated rings. The van der Waals surface area contributed by atoms with E-state index in [-0.39, 0.29) is 11.3 Å². The van der Waals surface area contributed by atoms with Crippen molar-refractivity contribution in [3.8, 4) is 0 Å². The standard InChI is InChI=1S/C16H26N2O2/c1-11-8-6-7-9-18(11)14(19)10-13-12(2)17-15(20-13)16(3,4)5/h11H,6-10H2,1-5H3. The van der Waals surface area contributed by atoms with Crippen LogP contribution in [0.2, 0.25) is 0 Å². The molecule has 0 bridgehead atoms. The molecule has 2 heterocycles. The Balaban J connectivity index is 2.10. The molecule has 4 nitrogen and oxygen atoms in total. The van der Waals surface area contributed by atoms with Crippen molar-refractivity contribution in [3.63, 3.8) is 0 Å². The first-order chi connectivity index (χ1) is 9.29. The molecule has 1 aromatic rings. The SMILES string of the molecule is Cc1nc(C(C)(C)C)oc1CC(=O)N1CCCCC1C. The lowest BCUT2D eigenvalue weighted by molar-refractivity contribution is -0.133. The Kier molecular flexibility index (Phi) is 4.21. The van der Waals surface area contributed by atoms with E-state index in [4.69, 9.17) is 4.42 Å². The second kappa shape index (κ2) is 5.58. The molecule has 0 aromatic carbocycles. The molecule has 1 aromatic heterocycles. The zero-order valence-electron chi connectivity index (χ0n) is 13.3. The number of rotatable bonds is 2. The number of aryl methyl sites for hydroxylation is 1. The van der Waals surface area contributed by atoms with Gasteiger partial charge < -0.3 is 9.32 Å². The monoisotopic (exact) mass is 278 g/mol. The van der Waals surface area contributed by atoms with Crippen LogP contribution in [0.5, 0.6) is 0 Å². The summed E-state index contributed by atoms with van der Waals surface area (Å²) in [4.78, 5) is 18.9. The lowest BCUT2D eigenvalue weighted by Crippen LogP contribution is -2.42. The smallest absolute Gasteiger partial charge is 0.230 e. The van der Waals surface area contributed by atoms with Gasteiger partial charge >= 0.3 is 0 Å². The van der Waals surface area contributed by atoms with Crippen LogP contribution < -0.4 is 0 Å². The van der Waals surface area contributed by atoms with Crippen LogP contribution in [0.25, 0.3) is 0 Å². The van der Waals surface area contributed by atoms with E-state index in [0.29, 0.717) is 18.4 Å². The first-order valence-corrected chi connectivity index (χ1v) is 7.55. The fraction of sp³-hybridized carbons (Fsp3) is 0.750. The molecule has 0 radical (unpaired) electrons. The van der Waals surface area contributed by atoms with Crippen LogP contribution in [0.4, 0.5) is 0 Å². The van der Waals surface area contributed by atoms with Crippen LogP contribution in [0.1, 0.15) is 64.3 Å². The average molecular weight is 278 g/mol. The van der Waals surface area contributed by atoms with Gasteiger partial charge in [-0.25, -0.2) is 4.98 Å². The third-order valence-electron chi connectivity index (χ3n) is 3.97. The van der Waals surface area contributed by atoms with Gasteiger partial charge in [0.05, 0.1) is 12.1 Å². The van der Waals surface area contributed by atoms with Gasteiger partial charge in [0.2, 0.25) is 5.91 Å². The van der Waals surface area contributed by atoms with Crippen molar-refractivity contribution in [1.82, 2.24) is 9.88 Å². The van der Waals surface area contributed by atoms with Crippen LogP contribution in [0.15, 0.2) is 4.42 Å². The van der Waals surface area contributed by atoms with E-state index in [1.54, 1.807) is 0 Å². The number of nitrogens with zero attached hydrogens (tertiary/aromatic N) is 2. The molecule has 0 saturated carbocycles. The van der Waals surface area contributed by atoms with Crippen LogP contribution in [-0.4, -0.2) is 28.4 Å². The number of amides is 1. The topological polar surface area (TPSA) is 46.3 Å². The summed E-state index contributed by atoms with van der Waals surface area (Å²) in [6, 6.07) is 0.349. The summed E-state index contributed by atoms with van der Waals surface area (Å²) in [5.41, 5.74) is 0.720. The fourth-order valence-corrected chi connectivity index (χ4v) is 2.62. The van der Waals surface area contributed by atoms with E-state index in [0.717, 1.165) is 30.8 Å². The summed E-state index contributed by atoms with van der Waals surface area (Å²) >= 11 is 0. The highest BCUT2D eigenvalue weighted by Gasteiger charge is 2.27. The van der Waals surface area contributed by atoms with Crippen LogP contribution in [-0.2, 0) is 16.6 Å². The Hall–Kier alpha value is -1.32. The Morgan fingerprint density at radius 2 is 2.10 bits per heavy atom. The van der Waals surface area contributed by atoms with E-state index < -0.39 is 0 Å². The van der Waals surface area contributed by atoms with Crippen molar-refractivity contribution in [2.75, 3.05) is 6.54 Å². The molecule has 1 saturated heterocycles. The lowest BCUT2D eigenvalue weighted by atomic mass is 9.97. The third kappa shape index (κ3) is 3.22. The summed E-state index contributed by atoms with van der Waals surface area (Å²) in [6.07, 6.45) is 3.77. The highest BCUT2D eigenvalue weighted by atomic mass is 16.4. The Morgan fingerprint density at radius 1 is 1.40 bits per heavy atom. The van der Waals surface area contributed by atoms with Crippen molar-refractivity contribution < 1.29 is 9.21 Å². The van der Waals surface area contributed by atoms with Gasteiger partial charge in [-0.3, -0.25) is 4.79 Å². The summed E-state index contributed by atoms with van der Waals surface area (Å²) in [5, 5.41) is 0. The molecule has 112 valence electrons. The van der Waals surface area contributed by atoms with E-state index >= 15 is 0 Å². The van der Waals surface area contributed by atoms with Gasteiger partial charge in [-0.15, -0.1) is 0 Å². The number of piperidine rings is 1. The number of likely N-dealkylation sites (tertiary alicyclic amines) is 1. The maximum Gasteiger partial charge on any atom is 0.230 e. The summed E-state index contributed by atoms with van der Waals surface area (Å²) in [5.74, 6) is 1.60. The Bertz CT molecular complexity index is 485. The maximum absolute atomic E-state index is 12.4. The highest BCUT2D eigenvalue weighted by Crippen LogP contribution is 2.25. The molecule has 2 rings (SSSR count). The largest absolute Gasteiger partial charge is 0.444 e. The lowest BCUT2D eigenvalue weighted by Gasteiger charge is -2.33. The Morgan fingerprint density at radius 3 is 2.65 bits per heavy atom. The second-order valence-electron chi connectivity index (χ2n) is 6.89. The van der Waals surface area contributed by atoms with Crippen molar-refractivity contribution in [1.29, 1.82) is 0 Å². The number of oxazole rings is 1. The van der Waals surface area contributed by atoms with Gasteiger partial charge in [0.25, 0.3) is 0 Å². The number of carbonyl (C=O) groups excluding carboxylic acids is 1. The first-order valence-electron chi connectivity index (χ1n) is 7.55. The molecule has 1 amide bonds.